The number of thiazole rings is 1. The molecule has 136 valence electrons. The molecule has 0 amide bonds. The minimum absolute atomic E-state index is 0.524. The van der Waals surface area contributed by atoms with Crippen LogP contribution in [0.4, 0.5) is 5.82 Å². The first-order valence-electron chi connectivity index (χ1n) is 9.19. The average Bonchev–Trinajstić information content (AvgIpc) is 3.43. The van der Waals surface area contributed by atoms with Crippen LogP contribution in [0.5, 0.6) is 0 Å². The second-order valence-corrected chi connectivity index (χ2v) is 7.65. The van der Waals surface area contributed by atoms with Gasteiger partial charge in [-0.3, -0.25) is 0 Å². The summed E-state index contributed by atoms with van der Waals surface area (Å²) in [5.41, 5.74) is 3.57. The lowest BCUT2D eigenvalue weighted by molar-refractivity contribution is 0.679. The van der Waals surface area contributed by atoms with E-state index in [2.05, 4.69) is 22.4 Å². The molecule has 2 heterocycles. The van der Waals surface area contributed by atoms with E-state index in [1.165, 1.54) is 37.0 Å². The summed E-state index contributed by atoms with van der Waals surface area (Å²) < 4.78 is 1.92. The zero-order chi connectivity index (χ0) is 18.6. The highest BCUT2D eigenvalue weighted by Crippen LogP contribution is 2.35. The van der Waals surface area contributed by atoms with Crippen molar-refractivity contribution < 1.29 is 0 Å². The molecule has 1 N–H and O–H groups in total. The molecule has 1 aromatic carbocycles. The molecule has 0 spiro atoms. The zero-order valence-corrected chi connectivity index (χ0v) is 16.0. The van der Waals surface area contributed by atoms with E-state index in [9.17, 15) is 5.26 Å². The largest absolute Gasteiger partial charge is 0.345 e. The predicted molar refractivity (Wildman–Crippen MR) is 109 cm³/mol. The van der Waals surface area contributed by atoms with Crippen LogP contribution in [-0.4, -0.2) is 14.8 Å². The number of para-hydroxylation sites is 1. The fourth-order valence-corrected chi connectivity index (χ4v) is 4.22. The lowest BCUT2D eigenvalue weighted by Gasteiger charge is -2.07. The Balaban J connectivity index is 1.68. The summed E-state index contributed by atoms with van der Waals surface area (Å²) in [5.74, 6) is 1.39. The molecule has 3 aromatic rings. The molecule has 1 saturated carbocycles. The molecule has 1 aliphatic rings. The van der Waals surface area contributed by atoms with Crippen molar-refractivity contribution in [3.05, 3.63) is 64.4 Å². The number of nitriles is 1. The van der Waals surface area contributed by atoms with Gasteiger partial charge in [-0.2, -0.15) is 10.4 Å². The molecule has 0 radical (unpaired) electrons. The van der Waals surface area contributed by atoms with Crippen LogP contribution in [0, 0.1) is 18.3 Å². The van der Waals surface area contributed by atoms with Crippen molar-refractivity contribution in [2.45, 2.75) is 38.5 Å². The van der Waals surface area contributed by atoms with Crippen molar-refractivity contribution in [3.8, 4) is 11.8 Å². The van der Waals surface area contributed by atoms with Crippen LogP contribution in [0.3, 0.4) is 0 Å². The third kappa shape index (κ3) is 3.79. The molecule has 1 fully saturated rings. The van der Waals surface area contributed by atoms with E-state index in [4.69, 9.17) is 5.10 Å². The fraction of sp³-hybridized carbons (Fsp3) is 0.286. The smallest absolute Gasteiger partial charge is 0.135 e. The molecule has 0 unspecified atom stereocenters. The first-order valence-corrected chi connectivity index (χ1v) is 10.1. The number of allylic oxidation sites excluding steroid dienone is 1. The van der Waals surface area contributed by atoms with Gasteiger partial charge in [0, 0.05) is 29.3 Å². The molecule has 0 atom stereocenters. The summed E-state index contributed by atoms with van der Waals surface area (Å²) >= 11 is 1.48. The minimum atomic E-state index is 0.524. The summed E-state index contributed by atoms with van der Waals surface area (Å²) in [6.07, 6.45) is 6.67. The Hall–Kier alpha value is -2.91. The number of hydrogen-bond donors (Lipinski definition) is 1. The second-order valence-electron chi connectivity index (χ2n) is 6.79. The zero-order valence-electron chi connectivity index (χ0n) is 15.2. The summed E-state index contributed by atoms with van der Waals surface area (Å²) in [4.78, 5) is 4.41. The van der Waals surface area contributed by atoms with Crippen molar-refractivity contribution in [1.82, 2.24) is 14.8 Å². The van der Waals surface area contributed by atoms with Gasteiger partial charge in [0.05, 0.1) is 11.4 Å². The summed E-state index contributed by atoms with van der Waals surface area (Å²) in [6.45, 7) is 1.93. The van der Waals surface area contributed by atoms with E-state index in [1.54, 1.807) is 6.20 Å². The van der Waals surface area contributed by atoms with E-state index in [0.717, 1.165) is 27.9 Å². The van der Waals surface area contributed by atoms with Gasteiger partial charge in [-0.15, -0.1) is 11.3 Å². The summed E-state index contributed by atoms with van der Waals surface area (Å²) in [5, 5.41) is 20.4. The Morgan fingerprint density at radius 2 is 2.07 bits per heavy atom. The number of anilines is 1. The molecule has 1 aliphatic carbocycles. The molecular weight excluding hydrogens is 354 g/mol. The maximum absolute atomic E-state index is 9.52. The van der Waals surface area contributed by atoms with Gasteiger partial charge in [0.1, 0.15) is 22.5 Å². The number of rotatable bonds is 5. The van der Waals surface area contributed by atoms with E-state index >= 15 is 0 Å². The third-order valence-corrected chi connectivity index (χ3v) is 5.83. The molecule has 5 nitrogen and oxygen atoms in total. The van der Waals surface area contributed by atoms with Crippen LogP contribution >= 0.6 is 11.3 Å². The quantitative estimate of drug-likeness (QED) is 0.617. The molecule has 4 rings (SSSR count). The van der Waals surface area contributed by atoms with Gasteiger partial charge < -0.3 is 5.32 Å². The number of aromatic nitrogens is 3. The third-order valence-electron chi connectivity index (χ3n) is 4.84. The van der Waals surface area contributed by atoms with Gasteiger partial charge in [0.2, 0.25) is 0 Å². The first-order chi connectivity index (χ1) is 13.2. The Bertz CT molecular complexity index is 987. The highest BCUT2D eigenvalue weighted by atomic mass is 32.1. The number of benzene rings is 1. The van der Waals surface area contributed by atoms with Crippen LogP contribution in [-0.2, 0) is 0 Å². The first kappa shape index (κ1) is 17.5. The molecule has 27 heavy (non-hydrogen) atoms. The van der Waals surface area contributed by atoms with Gasteiger partial charge in [0.25, 0.3) is 0 Å². The van der Waals surface area contributed by atoms with Crippen molar-refractivity contribution >= 4 is 22.7 Å². The van der Waals surface area contributed by atoms with E-state index in [0.29, 0.717) is 11.5 Å². The van der Waals surface area contributed by atoms with Crippen LogP contribution in [0.25, 0.3) is 11.3 Å². The number of nitrogens with one attached hydrogen (secondary N) is 1. The number of nitrogens with zero attached hydrogens (tertiary/aromatic N) is 4. The van der Waals surface area contributed by atoms with E-state index in [-0.39, 0.29) is 0 Å². The van der Waals surface area contributed by atoms with Gasteiger partial charge in [-0.05, 0) is 31.9 Å². The second kappa shape index (κ2) is 7.77. The normalized spacial score (nSPS) is 15.0. The number of hydrogen-bond acceptors (Lipinski definition) is 5. The molecule has 6 heteroatoms. The van der Waals surface area contributed by atoms with Crippen molar-refractivity contribution in [2.24, 2.45) is 0 Å². The Labute approximate surface area is 163 Å². The lowest BCUT2D eigenvalue weighted by atomic mass is 10.0. The Kier molecular flexibility index (Phi) is 5.03. The standard InChI is InChI=1S/C21H21N5S/c1-15-14-27-21(24-15)17(12-22)13-23-20-11-19(16-7-5-6-8-16)25-26(20)18-9-3-2-4-10-18/h2-4,9-11,13-14,16,23H,5-8H2,1H3/b17-13+. The maximum Gasteiger partial charge on any atom is 0.135 e. The maximum atomic E-state index is 9.52. The number of aryl methyl sites for hydroxylation is 1. The molecule has 0 bridgehead atoms. The molecule has 0 aliphatic heterocycles. The van der Waals surface area contributed by atoms with Crippen LogP contribution in [0.1, 0.15) is 48.0 Å². The minimum Gasteiger partial charge on any atom is -0.345 e. The van der Waals surface area contributed by atoms with Crippen molar-refractivity contribution in [2.75, 3.05) is 5.32 Å². The van der Waals surface area contributed by atoms with Gasteiger partial charge in [0.15, 0.2) is 0 Å². The molecule has 2 aromatic heterocycles. The van der Waals surface area contributed by atoms with Crippen molar-refractivity contribution in [3.63, 3.8) is 0 Å². The SMILES string of the molecule is Cc1csc(/C(C#N)=C/Nc2cc(C3CCCC3)nn2-c2ccccc2)n1. The van der Waals surface area contributed by atoms with E-state index < -0.39 is 0 Å². The van der Waals surface area contributed by atoms with Gasteiger partial charge >= 0.3 is 0 Å². The summed E-state index contributed by atoms with van der Waals surface area (Å²) in [7, 11) is 0. The molecular formula is C21H21N5S. The Morgan fingerprint density at radius 1 is 1.30 bits per heavy atom. The van der Waals surface area contributed by atoms with E-state index in [1.807, 2.05) is 47.3 Å². The Morgan fingerprint density at radius 3 is 2.74 bits per heavy atom. The molecule has 0 saturated heterocycles. The monoisotopic (exact) mass is 375 g/mol. The van der Waals surface area contributed by atoms with Crippen LogP contribution in [0.2, 0.25) is 0 Å². The van der Waals surface area contributed by atoms with Crippen LogP contribution < -0.4 is 5.32 Å². The van der Waals surface area contributed by atoms with Crippen molar-refractivity contribution in [1.29, 1.82) is 5.26 Å². The highest BCUT2D eigenvalue weighted by Gasteiger charge is 2.21. The van der Waals surface area contributed by atoms with Crippen LogP contribution in [0.15, 0.2) is 48.0 Å². The topological polar surface area (TPSA) is 66.5 Å². The predicted octanol–water partition coefficient (Wildman–Crippen LogP) is 5.27. The lowest BCUT2D eigenvalue weighted by Crippen LogP contribution is -2.03. The van der Waals surface area contributed by atoms with Gasteiger partial charge in [-0.1, -0.05) is 31.0 Å². The average molecular weight is 376 g/mol. The summed E-state index contributed by atoms with van der Waals surface area (Å²) in [6, 6.07) is 14.4. The fourth-order valence-electron chi connectivity index (χ4n) is 3.45. The highest BCUT2D eigenvalue weighted by molar-refractivity contribution is 7.10. The van der Waals surface area contributed by atoms with Gasteiger partial charge in [-0.25, -0.2) is 9.67 Å².